The van der Waals surface area contributed by atoms with Gasteiger partial charge in [-0.1, -0.05) is 30.3 Å². The molecule has 1 aliphatic carbocycles. The van der Waals surface area contributed by atoms with E-state index >= 15 is 0 Å². The predicted molar refractivity (Wildman–Crippen MR) is 107 cm³/mol. The average Bonchev–Trinajstić information content (AvgIpc) is 3.15. The summed E-state index contributed by atoms with van der Waals surface area (Å²) in [6.07, 6.45) is 2.05. The summed E-state index contributed by atoms with van der Waals surface area (Å²) in [5.74, 6) is 2.05. The molecule has 3 rings (SSSR count). The predicted octanol–water partition coefficient (Wildman–Crippen LogP) is 2.32. The zero-order valence-electron chi connectivity index (χ0n) is 16.2. The molecule has 146 valence electrons. The first-order valence-electron chi connectivity index (χ1n) is 9.53. The highest BCUT2D eigenvalue weighted by atomic mass is 16.5. The molecule has 0 aromatic heterocycles. The summed E-state index contributed by atoms with van der Waals surface area (Å²) < 4.78 is 11.0. The zero-order chi connectivity index (χ0) is 19.2. The molecule has 0 saturated carbocycles. The van der Waals surface area contributed by atoms with Gasteiger partial charge in [0.2, 0.25) is 0 Å². The van der Waals surface area contributed by atoms with Gasteiger partial charge in [-0.05, 0) is 42.5 Å². The van der Waals surface area contributed by atoms with Crippen molar-refractivity contribution in [2.75, 3.05) is 33.9 Å². The molecule has 2 atom stereocenters. The van der Waals surface area contributed by atoms with E-state index in [0.717, 1.165) is 29.9 Å². The minimum Gasteiger partial charge on any atom is -0.497 e. The Kier molecular flexibility index (Phi) is 6.72. The first-order valence-corrected chi connectivity index (χ1v) is 9.53. The van der Waals surface area contributed by atoms with Gasteiger partial charge < -0.3 is 25.6 Å². The van der Waals surface area contributed by atoms with Crippen LogP contribution in [0.1, 0.15) is 22.7 Å². The first-order chi connectivity index (χ1) is 13.2. The highest BCUT2D eigenvalue weighted by molar-refractivity contribution is 5.44. The summed E-state index contributed by atoms with van der Waals surface area (Å²) in [5, 5.41) is 13.2. The third-order valence-corrected chi connectivity index (χ3v) is 5.55. The smallest absolute Gasteiger partial charge is 0.127 e. The molecule has 0 bridgehead atoms. The lowest BCUT2D eigenvalue weighted by Crippen LogP contribution is -2.36. The average molecular weight is 370 g/mol. The lowest BCUT2D eigenvalue weighted by molar-refractivity contribution is 0.216. The Balaban J connectivity index is 1.89. The zero-order valence-corrected chi connectivity index (χ0v) is 16.2. The number of methoxy groups -OCH3 is 2. The van der Waals surface area contributed by atoms with Crippen LogP contribution in [0.5, 0.6) is 11.5 Å². The maximum atomic E-state index is 9.52. The van der Waals surface area contributed by atoms with Gasteiger partial charge in [-0.15, -0.1) is 0 Å². The van der Waals surface area contributed by atoms with E-state index in [0.29, 0.717) is 19.0 Å². The van der Waals surface area contributed by atoms with E-state index in [9.17, 15) is 5.11 Å². The SMILES string of the molecule is COc1ccc(C(NCC(CN)CO)C2Cc3ccccc3C2)c(OC)c1. The lowest BCUT2D eigenvalue weighted by Gasteiger charge is -2.28. The highest BCUT2D eigenvalue weighted by Crippen LogP contribution is 2.39. The second kappa shape index (κ2) is 9.22. The Hall–Kier alpha value is -2.08. The molecule has 0 aliphatic heterocycles. The standard InChI is InChI=1S/C22H30N2O3/c1-26-19-7-8-20(21(11-19)27-2)22(24-13-15(12-23)14-25)18-9-16-5-3-4-6-17(16)10-18/h3-8,11,15,18,22,24-25H,9-10,12-14,23H2,1-2H3. The fraction of sp³-hybridized carbons (Fsp3) is 0.455. The summed E-state index contributed by atoms with van der Waals surface area (Å²) >= 11 is 0. The number of hydrogen-bond acceptors (Lipinski definition) is 5. The third-order valence-electron chi connectivity index (χ3n) is 5.55. The van der Waals surface area contributed by atoms with Crippen molar-refractivity contribution >= 4 is 0 Å². The van der Waals surface area contributed by atoms with E-state index in [4.69, 9.17) is 15.2 Å². The number of ether oxygens (including phenoxy) is 2. The van der Waals surface area contributed by atoms with Crippen LogP contribution in [0, 0.1) is 11.8 Å². The van der Waals surface area contributed by atoms with Crippen LogP contribution in [-0.4, -0.2) is 39.0 Å². The minimum atomic E-state index is 0.0421. The third kappa shape index (κ3) is 4.43. The van der Waals surface area contributed by atoms with Crippen molar-refractivity contribution in [2.45, 2.75) is 18.9 Å². The molecule has 0 fully saturated rings. The molecule has 2 unspecified atom stereocenters. The van der Waals surface area contributed by atoms with Crippen molar-refractivity contribution in [1.82, 2.24) is 5.32 Å². The number of benzene rings is 2. The molecule has 0 spiro atoms. The first kappa shape index (κ1) is 19.7. The summed E-state index contributed by atoms with van der Waals surface area (Å²) in [6, 6.07) is 14.7. The van der Waals surface area contributed by atoms with Crippen LogP contribution in [0.2, 0.25) is 0 Å². The summed E-state index contributed by atoms with van der Waals surface area (Å²) in [7, 11) is 3.35. The van der Waals surface area contributed by atoms with E-state index < -0.39 is 0 Å². The second-order valence-electron chi connectivity index (χ2n) is 7.22. The van der Waals surface area contributed by atoms with Crippen LogP contribution in [0.4, 0.5) is 0 Å². The van der Waals surface area contributed by atoms with Crippen molar-refractivity contribution in [3.63, 3.8) is 0 Å². The van der Waals surface area contributed by atoms with E-state index in [1.54, 1.807) is 14.2 Å². The molecule has 5 nitrogen and oxygen atoms in total. The maximum absolute atomic E-state index is 9.52. The van der Waals surface area contributed by atoms with Gasteiger partial charge in [-0.25, -0.2) is 0 Å². The Morgan fingerprint density at radius 3 is 2.37 bits per heavy atom. The van der Waals surface area contributed by atoms with Gasteiger partial charge in [0.25, 0.3) is 0 Å². The van der Waals surface area contributed by atoms with Crippen molar-refractivity contribution < 1.29 is 14.6 Å². The van der Waals surface area contributed by atoms with E-state index in [1.165, 1.54) is 11.1 Å². The minimum absolute atomic E-state index is 0.0421. The van der Waals surface area contributed by atoms with Gasteiger partial charge in [-0.2, -0.15) is 0 Å². The normalized spacial score (nSPS) is 16.0. The number of hydrogen-bond donors (Lipinski definition) is 3. The fourth-order valence-electron chi connectivity index (χ4n) is 3.95. The number of nitrogens with two attached hydrogens (primary N) is 1. The van der Waals surface area contributed by atoms with Gasteiger partial charge in [0.05, 0.1) is 14.2 Å². The molecule has 2 aromatic rings. The van der Waals surface area contributed by atoms with Gasteiger partial charge >= 0.3 is 0 Å². The number of nitrogens with one attached hydrogen (secondary N) is 1. The van der Waals surface area contributed by atoms with Crippen LogP contribution in [-0.2, 0) is 12.8 Å². The number of fused-ring (bicyclic) bond motifs is 1. The molecule has 0 radical (unpaired) electrons. The molecule has 0 amide bonds. The Morgan fingerprint density at radius 1 is 1.11 bits per heavy atom. The molecular formula is C22H30N2O3. The molecule has 0 saturated heterocycles. The van der Waals surface area contributed by atoms with Crippen LogP contribution in [0.3, 0.4) is 0 Å². The number of aliphatic hydroxyl groups excluding tert-OH is 1. The summed E-state index contributed by atoms with van der Waals surface area (Å²) in [5.41, 5.74) is 9.73. The van der Waals surface area contributed by atoms with Crippen LogP contribution in [0.15, 0.2) is 42.5 Å². The van der Waals surface area contributed by atoms with Crippen molar-refractivity contribution in [3.05, 3.63) is 59.2 Å². The van der Waals surface area contributed by atoms with Crippen LogP contribution in [0.25, 0.3) is 0 Å². The molecule has 5 heteroatoms. The van der Waals surface area contributed by atoms with E-state index in [1.807, 2.05) is 12.1 Å². The van der Waals surface area contributed by atoms with E-state index in [2.05, 4.69) is 35.6 Å². The number of aliphatic hydroxyl groups is 1. The quantitative estimate of drug-likeness (QED) is 0.631. The van der Waals surface area contributed by atoms with Crippen molar-refractivity contribution in [3.8, 4) is 11.5 Å². The van der Waals surface area contributed by atoms with Crippen molar-refractivity contribution in [2.24, 2.45) is 17.6 Å². The maximum Gasteiger partial charge on any atom is 0.127 e. The fourth-order valence-corrected chi connectivity index (χ4v) is 3.95. The Bertz CT molecular complexity index is 721. The monoisotopic (exact) mass is 370 g/mol. The van der Waals surface area contributed by atoms with Gasteiger partial charge in [0, 0.05) is 36.7 Å². The topological polar surface area (TPSA) is 76.7 Å². The van der Waals surface area contributed by atoms with Gasteiger partial charge in [0.1, 0.15) is 11.5 Å². The molecular weight excluding hydrogens is 340 g/mol. The van der Waals surface area contributed by atoms with Gasteiger partial charge in [0.15, 0.2) is 0 Å². The molecule has 27 heavy (non-hydrogen) atoms. The molecule has 2 aromatic carbocycles. The second-order valence-corrected chi connectivity index (χ2v) is 7.22. The molecule has 1 aliphatic rings. The summed E-state index contributed by atoms with van der Waals surface area (Å²) in [6.45, 7) is 1.21. The molecule has 0 heterocycles. The van der Waals surface area contributed by atoms with Gasteiger partial charge in [-0.3, -0.25) is 0 Å². The number of rotatable bonds is 9. The van der Waals surface area contributed by atoms with Crippen LogP contribution < -0.4 is 20.5 Å². The largest absolute Gasteiger partial charge is 0.497 e. The molecule has 4 N–H and O–H groups in total. The van der Waals surface area contributed by atoms with Crippen molar-refractivity contribution in [1.29, 1.82) is 0 Å². The summed E-state index contributed by atoms with van der Waals surface area (Å²) in [4.78, 5) is 0. The van der Waals surface area contributed by atoms with E-state index in [-0.39, 0.29) is 18.6 Å². The Labute approximate surface area is 161 Å². The Morgan fingerprint density at radius 2 is 1.81 bits per heavy atom. The highest BCUT2D eigenvalue weighted by Gasteiger charge is 2.31. The van der Waals surface area contributed by atoms with Crippen LogP contribution >= 0.6 is 0 Å². The lowest BCUT2D eigenvalue weighted by atomic mass is 9.89.